The quantitative estimate of drug-likeness (QED) is 0.133. The second-order valence-electron chi connectivity index (χ2n) is 10.1. The van der Waals surface area contributed by atoms with Crippen molar-refractivity contribution in [1.29, 1.82) is 0 Å². The third-order valence-electron chi connectivity index (χ3n) is 6.80. The standard InChI is InChI=1S/C31H31BrFN5O4S2/c1-4-25(34-10-11-44(3,39)40)31-38-27(17-43-31)22-14-23-26(15-29(22)41-2)35-18-36-30(23)37-21-8-9-28(24(32)13-21)42-16-19-6-5-7-20(33)12-19/h5-9,12-15,17-18,25,34H,4,10-11,16H2,1-3H3,(H,35,36,37). The molecule has 0 saturated heterocycles. The van der Waals surface area contributed by atoms with Crippen molar-refractivity contribution in [3.8, 4) is 22.8 Å². The van der Waals surface area contributed by atoms with Crippen LogP contribution < -0.4 is 20.1 Å². The van der Waals surface area contributed by atoms with Gasteiger partial charge in [-0.25, -0.2) is 27.8 Å². The normalized spacial score (nSPS) is 12.3. The third-order valence-corrected chi connectivity index (χ3v) is 9.33. The summed E-state index contributed by atoms with van der Waals surface area (Å²) in [7, 11) is -1.45. The van der Waals surface area contributed by atoms with Gasteiger partial charge in [0.25, 0.3) is 0 Å². The number of fused-ring (bicyclic) bond motifs is 1. The Morgan fingerprint density at radius 2 is 1.93 bits per heavy atom. The van der Waals surface area contributed by atoms with Gasteiger partial charge in [0.15, 0.2) is 0 Å². The lowest BCUT2D eigenvalue weighted by Crippen LogP contribution is -2.26. The molecule has 2 heterocycles. The van der Waals surface area contributed by atoms with Crippen LogP contribution in [0.2, 0.25) is 0 Å². The maximum atomic E-state index is 13.5. The summed E-state index contributed by atoms with van der Waals surface area (Å²) in [6.07, 6.45) is 3.48. The van der Waals surface area contributed by atoms with Crippen molar-refractivity contribution in [1.82, 2.24) is 20.3 Å². The zero-order valence-corrected chi connectivity index (χ0v) is 27.5. The van der Waals surface area contributed by atoms with Gasteiger partial charge in [-0.2, -0.15) is 0 Å². The van der Waals surface area contributed by atoms with Gasteiger partial charge in [-0.1, -0.05) is 19.1 Å². The summed E-state index contributed by atoms with van der Waals surface area (Å²) >= 11 is 5.09. The lowest BCUT2D eigenvalue weighted by molar-refractivity contribution is 0.303. The third kappa shape index (κ3) is 7.89. The van der Waals surface area contributed by atoms with Crippen LogP contribution in [0.5, 0.6) is 11.5 Å². The first kappa shape index (κ1) is 31.8. The van der Waals surface area contributed by atoms with Crippen molar-refractivity contribution >= 4 is 59.5 Å². The molecule has 1 unspecified atom stereocenters. The SMILES string of the molecule is CCC(NCCS(C)(=O)=O)c1nc(-c2cc3c(Nc4ccc(OCc5cccc(F)c5)c(Br)c4)ncnc3cc2OC)cs1. The summed E-state index contributed by atoms with van der Waals surface area (Å²) in [4.78, 5) is 13.8. The molecule has 13 heteroatoms. The van der Waals surface area contributed by atoms with E-state index < -0.39 is 9.84 Å². The highest BCUT2D eigenvalue weighted by Gasteiger charge is 2.19. The summed E-state index contributed by atoms with van der Waals surface area (Å²) in [6, 6.07) is 15.6. The van der Waals surface area contributed by atoms with Gasteiger partial charge >= 0.3 is 0 Å². The second-order valence-corrected chi connectivity index (χ2v) is 14.1. The molecular weight excluding hydrogens is 669 g/mol. The van der Waals surface area contributed by atoms with Gasteiger partial charge < -0.3 is 20.1 Å². The highest BCUT2D eigenvalue weighted by molar-refractivity contribution is 9.10. The van der Waals surface area contributed by atoms with Crippen LogP contribution in [-0.2, 0) is 16.4 Å². The van der Waals surface area contributed by atoms with Gasteiger partial charge in [-0.05, 0) is 64.3 Å². The Balaban J connectivity index is 1.38. The van der Waals surface area contributed by atoms with Gasteiger partial charge in [0.2, 0.25) is 0 Å². The molecule has 3 aromatic carbocycles. The molecule has 9 nitrogen and oxygen atoms in total. The van der Waals surface area contributed by atoms with Crippen LogP contribution in [0.3, 0.4) is 0 Å². The Labute approximate surface area is 267 Å². The van der Waals surface area contributed by atoms with Gasteiger partial charge in [-0.15, -0.1) is 11.3 Å². The highest BCUT2D eigenvalue weighted by Crippen LogP contribution is 2.38. The summed E-state index contributed by atoms with van der Waals surface area (Å²) in [6.45, 7) is 2.62. The number of hydrogen-bond acceptors (Lipinski definition) is 10. The number of halogens is 2. The Kier molecular flexibility index (Phi) is 10.1. The number of hydrogen-bond donors (Lipinski definition) is 2. The minimum atomic E-state index is -3.06. The Morgan fingerprint density at radius 1 is 1.09 bits per heavy atom. The molecule has 2 aromatic heterocycles. The topological polar surface area (TPSA) is 115 Å². The van der Waals surface area contributed by atoms with Gasteiger partial charge in [0.05, 0.1) is 34.6 Å². The molecule has 5 rings (SSSR count). The molecule has 0 saturated carbocycles. The molecule has 0 amide bonds. The molecule has 230 valence electrons. The summed E-state index contributed by atoms with van der Waals surface area (Å²) in [5, 5.41) is 10.3. The van der Waals surface area contributed by atoms with E-state index in [0.717, 1.165) is 43.8 Å². The van der Waals surface area contributed by atoms with Gasteiger partial charge in [-0.3, -0.25) is 0 Å². The maximum absolute atomic E-state index is 13.5. The lowest BCUT2D eigenvalue weighted by Gasteiger charge is -2.14. The van der Waals surface area contributed by atoms with Crippen LogP contribution in [0.4, 0.5) is 15.9 Å². The van der Waals surface area contributed by atoms with Crippen LogP contribution in [0.15, 0.2) is 70.8 Å². The molecule has 0 radical (unpaired) electrons. The number of anilines is 2. The summed E-state index contributed by atoms with van der Waals surface area (Å²) in [5.41, 5.74) is 3.73. The Hall–Kier alpha value is -3.65. The zero-order valence-electron chi connectivity index (χ0n) is 24.3. The van der Waals surface area contributed by atoms with Crippen LogP contribution >= 0.6 is 27.3 Å². The fourth-order valence-corrected chi connectivity index (χ4v) is 6.53. The molecule has 0 bridgehead atoms. The zero-order chi connectivity index (χ0) is 31.3. The van der Waals surface area contributed by atoms with Crippen molar-refractivity contribution in [2.45, 2.75) is 26.0 Å². The average molecular weight is 701 g/mol. The monoisotopic (exact) mass is 699 g/mol. The van der Waals surface area contributed by atoms with E-state index in [1.54, 1.807) is 13.2 Å². The van der Waals surface area contributed by atoms with Gasteiger partial charge in [0, 0.05) is 40.9 Å². The minimum Gasteiger partial charge on any atom is -0.496 e. The van der Waals surface area contributed by atoms with Crippen LogP contribution in [0.1, 0.15) is 30.0 Å². The van der Waals surface area contributed by atoms with E-state index in [2.05, 4.69) is 36.5 Å². The fourth-order valence-electron chi connectivity index (χ4n) is 4.57. The average Bonchev–Trinajstić information content (AvgIpc) is 3.48. The number of methoxy groups -OCH3 is 1. The highest BCUT2D eigenvalue weighted by atomic mass is 79.9. The predicted molar refractivity (Wildman–Crippen MR) is 176 cm³/mol. The first-order valence-electron chi connectivity index (χ1n) is 13.8. The lowest BCUT2D eigenvalue weighted by atomic mass is 10.1. The molecule has 0 spiro atoms. The van der Waals surface area contributed by atoms with E-state index in [1.807, 2.05) is 48.7 Å². The van der Waals surface area contributed by atoms with Crippen molar-refractivity contribution < 1.29 is 22.3 Å². The molecule has 44 heavy (non-hydrogen) atoms. The molecule has 2 N–H and O–H groups in total. The largest absolute Gasteiger partial charge is 0.496 e. The molecule has 0 aliphatic heterocycles. The number of nitrogens with zero attached hydrogens (tertiary/aromatic N) is 3. The molecule has 0 aliphatic rings. The maximum Gasteiger partial charge on any atom is 0.148 e. The van der Waals surface area contributed by atoms with E-state index in [9.17, 15) is 12.8 Å². The van der Waals surface area contributed by atoms with E-state index in [0.29, 0.717) is 29.4 Å². The number of benzene rings is 3. The number of sulfone groups is 1. The number of aromatic nitrogens is 3. The van der Waals surface area contributed by atoms with Crippen LogP contribution in [-0.4, -0.2) is 49.0 Å². The Bertz CT molecular complexity index is 1890. The van der Waals surface area contributed by atoms with Crippen LogP contribution in [0.25, 0.3) is 22.2 Å². The first-order chi connectivity index (χ1) is 21.1. The van der Waals surface area contributed by atoms with Crippen molar-refractivity contribution in [2.75, 3.05) is 31.0 Å². The van der Waals surface area contributed by atoms with E-state index in [1.165, 1.54) is 36.1 Å². The molecule has 5 aromatic rings. The van der Waals surface area contributed by atoms with Crippen LogP contribution in [0, 0.1) is 5.82 Å². The summed E-state index contributed by atoms with van der Waals surface area (Å²) in [5.74, 6) is 1.61. The van der Waals surface area contributed by atoms with Gasteiger partial charge in [0.1, 0.15) is 50.9 Å². The fraction of sp³-hybridized carbons (Fsp3) is 0.258. The number of rotatable bonds is 13. The van der Waals surface area contributed by atoms with E-state index in [-0.39, 0.29) is 24.2 Å². The van der Waals surface area contributed by atoms with Crippen molar-refractivity contribution in [2.24, 2.45) is 0 Å². The predicted octanol–water partition coefficient (Wildman–Crippen LogP) is 7.07. The first-order valence-corrected chi connectivity index (χ1v) is 17.5. The summed E-state index contributed by atoms with van der Waals surface area (Å²) < 4.78 is 49.0. The van der Waals surface area contributed by atoms with Crippen molar-refractivity contribution in [3.63, 3.8) is 0 Å². The smallest absolute Gasteiger partial charge is 0.148 e. The number of nitrogens with one attached hydrogen (secondary N) is 2. The van der Waals surface area contributed by atoms with E-state index >= 15 is 0 Å². The molecular formula is C31H31BrFN5O4S2. The minimum absolute atomic E-state index is 0.0667. The number of ether oxygens (including phenoxy) is 2. The van der Waals surface area contributed by atoms with E-state index in [4.69, 9.17) is 14.5 Å². The molecule has 1 atom stereocenters. The second kappa shape index (κ2) is 14.0. The Morgan fingerprint density at radius 3 is 2.66 bits per heavy atom. The number of thiazole rings is 1. The molecule has 0 fully saturated rings. The molecule has 0 aliphatic carbocycles. The van der Waals surface area contributed by atoms with Crippen molar-refractivity contribution in [3.05, 3.63) is 87.2 Å².